The van der Waals surface area contributed by atoms with Crippen molar-refractivity contribution in [3.05, 3.63) is 70.7 Å². The number of hydrogen-bond acceptors (Lipinski definition) is 4. The summed E-state index contributed by atoms with van der Waals surface area (Å²) >= 11 is 5.91. The van der Waals surface area contributed by atoms with Gasteiger partial charge < -0.3 is 20.3 Å². The van der Waals surface area contributed by atoms with E-state index in [1.807, 2.05) is 30.3 Å². The van der Waals surface area contributed by atoms with E-state index in [4.69, 9.17) is 16.3 Å². The minimum atomic E-state index is -0.543. The van der Waals surface area contributed by atoms with Gasteiger partial charge in [-0.15, -0.1) is 0 Å². The molecule has 0 aliphatic rings. The van der Waals surface area contributed by atoms with Crippen LogP contribution in [0, 0.1) is 0 Å². The SMILES string of the molecule is COC(=O)CC(NC(=O)CCNC(=O)N(C)Cc1ccccc1)c1ccc(Cl)cc1. The van der Waals surface area contributed by atoms with Gasteiger partial charge in [-0.05, 0) is 23.3 Å². The third-order valence-corrected chi connectivity index (χ3v) is 4.70. The molecule has 0 fully saturated rings. The molecule has 1 atom stereocenters. The fourth-order valence-corrected chi connectivity index (χ4v) is 2.94. The minimum absolute atomic E-state index is 0.00392. The Balaban J connectivity index is 1.83. The Bertz CT molecular complexity index is 843. The normalized spacial score (nSPS) is 11.3. The predicted molar refractivity (Wildman–Crippen MR) is 115 cm³/mol. The Kier molecular flexibility index (Phi) is 9.15. The molecular weight excluding hydrogens is 406 g/mol. The average Bonchev–Trinajstić information content (AvgIpc) is 2.74. The third kappa shape index (κ3) is 7.75. The second-order valence-electron chi connectivity index (χ2n) is 6.78. The number of nitrogens with one attached hydrogen (secondary N) is 2. The summed E-state index contributed by atoms with van der Waals surface area (Å²) in [5, 5.41) is 6.10. The number of rotatable bonds is 9. The number of carbonyl (C=O) groups excluding carboxylic acids is 3. The molecule has 0 saturated carbocycles. The first-order valence-electron chi connectivity index (χ1n) is 9.53. The maximum Gasteiger partial charge on any atom is 0.317 e. The van der Waals surface area contributed by atoms with Crippen LogP contribution in [-0.2, 0) is 20.9 Å². The van der Waals surface area contributed by atoms with Gasteiger partial charge >= 0.3 is 12.0 Å². The van der Waals surface area contributed by atoms with E-state index in [0.717, 1.165) is 11.1 Å². The van der Waals surface area contributed by atoms with E-state index in [2.05, 4.69) is 10.6 Å². The maximum atomic E-state index is 12.4. The lowest BCUT2D eigenvalue weighted by Crippen LogP contribution is -2.39. The number of ether oxygens (including phenoxy) is 1. The zero-order chi connectivity index (χ0) is 21.9. The zero-order valence-electron chi connectivity index (χ0n) is 17.1. The summed E-state index contributed by atoms with van der Waals surface area (Å²) in [6.07, 6.45) is 0.0756. The second-order valence-corrected chi connectivity index (χ2v) is 7.21. The lowest BCUT2D eigenvalue weighted by molar-refractivity contribution is -0.141. The Labute approximate surface area is 181 Å². The molecule has 30 heavy (non-hydrogen) atoms. The fourth-order valence-electron chi connectivity index (χ4n) is 2.81. The summed E-state index contributed by atoms with van der Waals surface area (Å²) in [6, 6.07) is 15.7. The van der Waals surface area contributed by atoms with Gasteiger partial charge in [-0.3, -0.25) is 9.59 Å². The molecule has 0 aliphatic carbocycles. The molecule has 160 valence electrons. The van der Waals surface area contributed by atoms with Gasteiger partial charge in [0.15, 0.2) is 0 Å². The van der Waals surface area contributed by atoms with Crippen molar-refractivity contribution in [3.8, 4) is 0 Å². The first-order chi connectivity index (χ1) is 14.4. The van der Waals surface area contributed by atoms with Crippen molar-refractivity contribution < 1.29 is 19.1 Å². The van der Waals surface area contributed by atoms with Gasteiger partial charge in [-0.1, -0.05) is 54.1 Å². The van der Waals surface area contributed by atoms with Crippen LogP contribution in [0.4, 0.5) is 4.79 Å². The van der Waals surface area contributed by atoms with Gasteiger partial charge in [0.25, 0.3) is 0 Å². The topological polar surface area (TPSA) is 87.7 Å². The highest BCUT2D eigenvalue weighted by molar-refractivity contribution is 6.30. The fraction of sp³-hybridized carbons (Fsp3) is 0.318. The summed E-state index contributed by atoms with van der Waals surface area (Å²) in [5.74, 6) is -0.726. The van der Waals surface area contributed by atoms with Crippen LogP contribution in [-0.4, -0.2) is 43.5 Å². The van der Waals surface area contributed by atoms with Crippen molar-refractivity contribution >= 4 is 29.5 Å². The van der Waals surface area contributed by atoms with Crippen LogP contribution in [0.15, 0.2) is 54.6 Å². The highest BCUT2D eigenvalue weighted by Crippen LogP contribution is 2.20. The summed E-state index contributed by atoms with van der Waals surface area (Å²) in [5.41, 5.74) is 1.76. The number of hydrogen-bond donors (Lipinski definition) is 2. The molecule has 0 aliphatic heterocycles. The number of halogens is 1. The highest BCUT2D eigenvalue weighted by atomic mass is 35.5. The van der Waals surface area contributed by atoms with Gasteiger partial charge in [0.2, 0.25) is 5.91 Å². The van der Waals surface area contributed by atoms with Gasteiger partial charge in [-0.2, -0.15) is 0 Å². The molecule has 8 heteroatoms. The van der Waals surface area contributed by atoms with Crippen molar-refractivity contribution in [2.24, 2.45) is 0 Å². The van der Waals surface area contributed by atoms with Gasteiger partial charge in [0.1, 0.15) is 0 Å². The maximum absolute atomic E-state index is 12.4. The third-order valence-electron chi connectivity index (χ3n) is 4.44. The number of benzene rings is 2. The van der Waals surface area contributed by atoms with Gasteiger partial charge in [-0.25, -0.2) is 4.79 Å². The molecule has 0 saturated heterocycles. The van der Waals surface area contributed by atoms with E-state index in [0.29, 0.717) is 11.6 Å². The van der Waals surface area contributed by atoms with E-state index in [9.17, 15) is 14.4 Å². The molecule has 2 aromatic carbocycles. The van der Waals surface area contributed by atoms with E-state index < -0.39 is 12.0 Å². The van der Waals surface area contributed by atoms with Crippen LogP contribution >= 0.6 is 11.6 Å². The molecule has 0 aromatic heterocycles. The Morgan fingerprint density at radius 3 is 2.37 bits per heavy atom. The van der Waals surface area contributed by atoms with Crippen LogP contribution in [0.2, 0.25) is 5.02 Å². The first kappa shape index (κ1) is 23.2. The second kappa shape index (κ2) is 11.8. The number of esters is 1. The van der Waals surface area contributed by atoms with E-state index in [1.54, 1.807) is 36.2 Å². The number of nitrogens with zero attached hydrogens (tertiary/aromatic N) is 1. The summed E-state index contributed by atoms with van der Waals surface area (Å²) < 4.78 is 4.72. The molecule has 0 heterocycles. The Hall–Kier alpha value is -3.06. The summed E-state index contributed by atoms with van der Waals surface area (Å²) in [7, 11) is 2.99. The largest absolute Gasteiger partial charge is 0.469 e. The number of urea groups is 1. The van der Waals surface area contributed by atoms with E-state index in [-0.39, 0.29) is 31.3 Å². The molecule has 0 bridgehead atoms. The molecular formula is C22H26ClN3O4. The van der Waals surface area contributed by atoms with Gasteiger partial charge in [0.05, 0.1) is 19.6 Å². The van der Waals surface area contributed by atoms with Crippen molar-refractivity contribution in [3.63, 3.8) is 0 Å². The number of amides is 3. The van der Waals surface area contributed by atoms with Crippen LogP contribution in [0.1, 0.15) is 30.0 Å². The molecule has 7 nitrogen and oxygen atoms in total. The first-order valence-corrected chi connectivity index (χ1v) is 9.91. The number of carbonyl (C=O) groups is 3. The monoisotopic (exact) mass is 431 g/mol. The lowest BCUT2D eigenvalue weighted by Gasteiger charge is -2.20. The van der Waals surface area contributed by atoms with E-state index >= 15 is 0 Å². The lowest BCUT2D eigenvalue weighted by atomic mass is 10.0. The minimum Gasteiger partial charge on any atom is -0.469 e. The smallest absolute Gasteiger partial charge is 0.317 e. The Morgan fingerprint density at radius 2 is 1.73 bits per heavy atom. The van der Waals surface area contributed by atoms with Crippen molar-refractivity contribution in [2.75, 3.05) is 20.7 Å². The molecule has 0 radical (unpaired) electrons. The average molecular weight is 432 g/mol. The predicted octanol–water partition coefficient (Wildman–Crippen LogP) is 3.29. The molecule has 0 spiro atoms. The standard InChI is InChI=1S/C22H26ClN3O4/c1-26(15-16-6-4-3-5-7-16)22(29)24-13-12-20(27)25-19(14-21(28)30-2)17-8-10-18(23)11-9-17/h3-11,19H,12-15H2,1-2H3,(H,24,29)(H,25,27). The molecule has 3 amide bonds. The molecule has 2 N–H and O–H groups in total. The zero-order valence-corrected chi connectivity index (χ0v) is 17.8. The summed E-state index contributed by atoms with van der Waals surface area (Å²) in [6.45, 7) is 0.645. The van der Waals surface area contributed by atoms with Crippen LogP contribution < -0.4 is 10.6 Å². The van der Waals surface area contributed by atoms with Crippen LogP contribution in [0.25, 0.3) is 0 Å². The summed E-state index contributed by atoms with van der Waals surface area (Å²) in [4.78, 5) is 37.8. The van der Waals surface area contributed by atoms with Crippen molar-refractivity contribution in [1.29, 1.82) is 0 Å². The van der Waals surface area contributed by atoms with Crippen LogP contribution in [0.5, 0.6) is 0 Å². The van der Waals surface area contributed by atoms with Crippen molar-refractivity contribution in [1.82, 2.24) is 15.5 Å². The van der Waals surface area contributed by atoms with E-state index in [1.165, 1.54) is 7.11 Å². The van der Waals surface area contributed by atoms with Crippen LogP contribution in [0.3, 0.4) is 0 Å². The number of methoxy groups -OCH3 is 1. The van der Waals surface area contributed by atoms with Gasteiger partial charge in [0, 0.05) is 31.6 Å². The molecule has 1 unspecified atom stereocenters. The highest BCUT2D eigenvalue weighted by Gasteiger charge is 2.19. The molecule has 2 aromatic rings. The van der Waals surface area contributed by atoms with Crippen molar-refractivity contribution in [2.45, 2.75) is 25.4 Å². The molecule has 2 rings (SSSR count). The quantitative estimate of drug-likeness (QED) is 0.596. The Morgan fingerprint density at radius 1 is 1.07 bits per heavy atom.